The largest absolute Gasteiger partial charge is 0.508 e. The second kappa shape index (κ2) is 9.80. The average molecular weight is 521 g/mol. The number of aromatic hydroxyl groups is 1. The Morgan fingerprint density at radius 2 is 1.93 bits per heavy atom. The fourth-order valence-electron chi connectivity index (χ4n) is 2.69. The zero-order chi connectivity index (χ0) is 20.8. The van der Waals surface area contributed by atoms with Gasteiger partial charge in [0.2, 0.25) is 0 Å². The third-order valence-corrected chi connectivity index (χ3v) is 5.12. The molecule has 0 spiro atoms. The first kappa shape index (κ1) is 21.2. The number of carbonyl (C=O) groups excluding carboxylic acids is 1. The van der Waals surface area contributed by atoms with Crippen molar-refractivity contribution in [1.29, 1.82) is 0 Å². The van der Waals surface area contributed by atoms with Gasteiger partial charge < -0.3 is 14.6 Å². The molecule has 0 unspecified atom stereocenters. The molecule has 0 amide bonds. The van der Waals surface area contributed by atoms with Crippen LogP contribution in [-0.2, 0) is 6.61 Å². The lowest BCUT2D eigenvalue weighted by molar-refractivity contribution is 0.104. The van der Waals surface area contributed by atoms with Gasteiger partial charge in [0.15, 0.2) is 17.3 Å². The van der Waals surface area contributed by atoms with Gasteiger partial charge in [0.05, 0.1) is 10.7 Å². The number of allylic oxidation sites excluding steroid dienone is 1. The first-order chi connectivity index (χ1) is 14.0. The highest BCUT2D eigenvalue weighted by molar-refractivity contribution is 14.1. The van der Waals surface area contributed by atoms with Crippen molar-refractivity contribution in [2.45, 2.75) is 6.61 Å². The molecular formula is C23H18ClIO4. The van der Waals surface area contributed by atoms with Crippen LogP contribution in [0.25, 0.3) is 6.08 Å². The van der Waals surface area contributed by atoms with E-state index in [0.717, 1.165) is 14.7 Å². The van der Waals surface area contributed by atoms with E-state index < -0.39 is 0 Å². The lowest BCUT2D eigenvalue weighted by Gasteiger charge is -2.14. The van der Waals surface area contributed by atoms with E-state index in [2.05, 4.69) is 22.6 Å². The highest BCUT2D eigenvalue weighted by atomic mass is 127. The summed E-state index contributed by atoms with van der Waals surface area (Å²) in [6.45, 7) is 0.359. The maximum atomic E-state index is 12.3. The quantitative estimate of drug-likeness (QED) is 0.231. The molecule has 4 nitrogen and oxygen atoms in total. The molecule has 0 aromatic heterocycles. The van der Waals surface area contributed by atoms with E-state index in [1.807, 2.05) is 36.4 Å². The Bertz CT molecular complexity index is 1060. The van der Waals surface area contributed by atoms with Crippen LogP contribution in [0, 0.1) is 3.57 Å². The lowest BCUT2D eigenvalue weighted by atomic mass is 10.1. The number of halogens is 2. The number of benzene rings is 3. The summed E-state index contributed by atoms with van der Waals surface area (Å²) in [5.41, 5.74) is 2.18. The molecule has 3 aromatic rings. The van der Waals surface area contributed by atoms with E-state index in [9.17, 15) is 9.90 Å². The zero-order valence-corrected chi connectivity index (χ0v) is 18.5. The highest BCUT2D eigenvalue weighted by Gasteiger charge is 2.12. The number of methoxy groups -OCH3 is 1. The first-order valence-electron chi connectivity index (χ1n) is 8.72. The molecule has 0 fully saturated rings. The van der Waals surface area contributed by atoms with Crippen molar-refractivity contribution in [2.24, 2.45) is 0 Å². The maximum absolute atomic E-state index is 12.3. The van der Waals surface area contributed by atoms with Crippen LogP contribution < -0.4 is 9.47 Å². The highest BCUT2D eigenvalue weighted by Crippen LogP contribution is 2.35. The van der Waals surface area contributed by atoms with Crippen molar-refractivity contribution in [3.8, 4) is 17.2 Å². The number of rotatable bonds is 7. The molecule has 29 heavy (non-hydrogen) atoms. The van der Waals surface area contributed by atoms with Crippen molar-refractivity contribution in [2.75, 3.05) is 7.11 Å². The summed E-state index contributed by atoms with van der Waals surface area (Å²) in [5, 5.41) is 10.2. The molecule has 148 valence electrons. The summed E-state index contributed by atoms with van der Waals surface area (Å²) in [6, 6.07) is 17.4. The van der Waals surface area contributed by atoms with E-state index >= 15 is 0 Å². The zero-order valence-electron chi connectivity index (χ0n) is 15.6. The molecule has 0 saturated heterocycles. The molecule has 0 aliphatic rings. The molecule has 0 bridgehead atoms. The van der Waals surface area contributed by atoms with Gasteiger partial charge in [-0.1, -0.05) is 41.9 Å². The van der Waals surface area contributed by atoms with Crippen molar-refractivity contribution in [3.63, 3.8) is 0 Å². The molecule has 0 radical (unpaired) electrons. The topological polar surface area (TPSA) is 55.8 Å². The SMILES string of the molecule is COc1cc(/C=C/C(=O)c2cccc(O)c2)cc(I)c1OCc1cccc(Cl)c1. The molecule has 6 heteroatoms. The van der Waals surface area contributed by atoms with Gasteiger partial charge in [-0.25, -0.2) is 0 Å². The summed E-state index contributed by atoms with van der Waals surface area (Å²) in [6.07, 6.45) is 3.17. The fraction of sp³-hybridized carbons (Fsp3) is 0.0870. The molecule has 1 N–H and O–H groups in total. The lowest BCUT2D eigenvalue weighted by Crippen LogP contribution is -2.00. The summed E-state index contributed by atoms with van der Waals surface area (Å²) < 4.78 is 12.3. The van der Waals surface area contributed by atoms with Crippen LogP contribution in [0.2, 0.25) is 5.02 Å². The van der Waals surface area contributed by atoms with Crippen LogP contribution in [0.4, 0.5) is 0 Å². The molecule has 3 aromatic carbocycles. The predicted molar refractivity (Wildman–Crippen MR) is 123 cm³/mol. The Balaban J connectivity index is 1.78. The van der Waals surface area contributed by atoms with E-state index in [-0.39, 0.29) is 11.5 Å². The smallest absolute Gasteiger partial charge is 0.185 e. The Morgan fingerprint density at radius 1 is 1.14 bits per heavy atom. The van der Waals surface area contributed by atoms with Gasteiger partial charge in [-0.15, -0.1) is 0 Å². The third kappa shape index (κ3) is 5.74. The number of hydrogen-bond acceptors (Lipinski definition) is 4. The van der Waals surface area contributed by atoms with Crippen LogP contribution in [0.15, 0.2) is 66.7 Å². The standard InChI is InChI=1S/C23H18ClIO4/c1-28-22-12-15(8-9-21(27)17-5-3-7-19(26)13-17)11-20(25)23(22)29-14-16-4-2-6-18(24)10-16/h2-13,26H,14H2,1H3/b9-8+. The Kier molecular flexibility index (Phi) is 7.17. The average Bonchev–Trinajstić information content (AvgIpc) is 2.70. The summed E-state index contributed by atoms with van der Waals surface area (Å²) in [4.78, 5) is 12.3. The van der Waals surface area contributed by atoms with Crippen LogP contribution >= 0.6 is 34.2 Å². The van der Waals surface area contributed by atoms with E-state index in [4.69, 9.17) is 21.1 Å². The van der Waals surface area contributed by atoms with Crippen LogP contribution in [-0.4, -0.2) is 18.0 Å². The fourth-order valence-corrected chi connectivity index (χ4v) is 3.68. The van der Waals surface area contributed by atoms with Gasteiger partial charge in [-0.05, 0) is 76.2 Å². The van der Waals surface area contributed by atoms with E-state index in [0.29, 0.717) is 28.7 Å². The van der Waals surface area contributed by atoms with Gasteiger partial charge in [-0.2, -0.15) is 0 Å². The second-order valence-electron chi connectivity index (χ2n) is 6.20. The number of phenolic OH excluding ortho intramolecular Hbond substituents is 1. The number of hydrogen-bond donors (Lipinski definition) is 1. The van der Waals surface area contributed by atoms with E-state index in [1.165, 1.54) is 18.2 Å². The van der Waals surface area contributed by atoms with Gasteiger partial charge in [-0.3, -0.25) is 4.79 Å². The second-order valence-corrected chi connectivity index (χ2v) is 7.80. The summed E-state index contributed by atoms with van der Waals surface area (Å²) in [7, 11) is 1.57. The van der Waals surface area contributed by atoms with Crippen LogP contribution in [0.5, 0.6) is 17.2 Å². The Labute approximate surface area is 187 Å². The van der Waals surface area contributed by atoms with Crippen LogP contribution in [0.3, 0.4) is 0 Å². The van der Waals surface area contributed by atoms with Gasteiger partial charge in [0.25, 0.3) is 0 Å². The molecule has 3 rings (SSSR count). The minimum absolute atomic E-state index is 0.0571. The molecule has 0 aliphatic heterocycles. The number of ketones is 1. The van der Waals surface area contributed by atoms with Gasteiger partial charge in [0.1, 0.15) is 12.4 Å². The van der Waals surface area contributed by atoms with Crippen LogP contribution in [0.1, 0.15) is 21.5 Å². The number of phenols is 1. The molecule has 0 aliphatic carbocycles. The summed E-state index contributed by atoms with van der Waals surface area (Å²) in [5.74, 6) is 1.06. The Morgan fingerprint density at radius 3 is 2.66 bits per heavy atom. The maximum Gasteiger partial charge on any atom is 0.185 e. The molecular weight excluding hydrogens is 503 g/mol. The Hall–Kier alpha value is -2.51. The normalized spacial score (nSPS) is 10.9. The van der Waals surface area contributed by atoms with Crippen molar-refractivity contribution in [3.05, 3.63) is 92.0 Å². The number of carbonyl (C=O) groups is 1. The third-order valence-electron chi connectivity index (χ3n) is 4.08. The monoisotopic (exact) mass is 520 g/mol. The molecule has 0 atom stereocenters. The minimum Gasteiger partial charge on any atom is -0.508 e. The minimum atomic E-state index is -0.198. The molecule has 0 saturated carbocycles. The number of ether oxygens (including phenoxy) is 2. The van der Waals surface area contributed by atoms with Gasteiger partial charge >= 0.3 is 0 Å². The first-order valence-corrected chi connectivity index (χ1v) is 10.2. The van der Waals surface area contributed by atoms with Crippen molar-refractivity contribution in [1.82, 2.24) is 0 Å². The van der Waals surface area contributed by atoms with Crippen molar-refractivity contribution >= 4 is 46.1 Å². The van der Waals surface area contributed by atoms with Gasteiger partial charge in [0, 0.05) is 10.6 Å². The van der Waals surface area contributed by atoms with Crippen molar-refractivity contribution < 1.29 is 19.4 Å². The summed E-state index contributed by atoms with van der Waals surface area (Å²) >= 11 is 8.19. The predicted octanol–water partition coefficient (Wildman–Crippen LogP) is 6.13. The van der Waals surface area contributed by atoms with E-state index in [1.54, 1.807) is 25.3 Å². The molecule has 0 heterocycles.